The number of halogens is 1. The molecular weight excluding hydrogens is 528 g/mol. The van der Waals surface area contributed by atoms with Crippen LogP contribution in [0.1, 0.15) is 43.0 Å². The number of hydrogen-bond acceptors (Lipinski definition) is 6. The molecule has 0 fully saturated rings. The number of aromatic amines is 1. The summed E-state index contributed by atoms with van der Waals surface area (Å²) >= 11 is 3.35. The predicted molar refractivity (Wildman–Crippen MR) is 136 cm³/mol. The average Bonchev–Trinajstić information content (AvgIpc) is 3.26. The Kier molecular flexibility index (Phi) is 4.84. The highest BCUT2D eigenvalue weighted by Gasteiger charge is 2.35. The monoisotopic (exact) mass is 544 g/mol. The maximum Gasteiger partial charge on any atom is 0.335 e. The Morgan fingerprint density at radius 1 is 0.944 bits per heavy atom. The Morgan fingerprint density at radius 2 is 1.58 bits per heavy atom. The van der Waals surface area contributed by atoms with E-state index >= 15 is 0 Å². The molecule has 2 N–H and O–H groups in total. The molecule has 0 bridgehead atoms. The van der Waals surface area contributed by atoms with Crippen molar-refractivity contribution < 1.29 is 14.7 Å². The zero-order valence-electron chi connectivity index (χ0n) is 18.8. The molecule has 178 valence electrons. The normalized spacial score (nSPS) is 14.4. The lowest BCUT2D eigenvalue weighted by atomic mass is 9.92. The third kappa shape index (κ3) is 3.11. The Bertz CT molecular complexity index is 1760. The van der Waals surface area contributed by atoms with E-state index in [2.05, 4.69) is 26.0 Å². The van der Waals surface area contributed by atoms with E-state index in [1.165, 1.54) is 0 Å². The van der Waals surface area contributed by atoms with Gasteiger partial charge in [-0.15, -0.1) is 0 Å². The molecule has 1 aliphatic carbocycles. The fraction of sp³-hybridized carbons (Fsp3) is 0.115. The topological polar surface area (TPSA) is 125 Å². The van der Waals surface area contributed by atoms with Crippen LogP contribution in [0.5, 0.6) is 5.88 Å². The summed E-state index contributed by atoms with van der Waals surface area (Å²) in [5.74, 6) is -1.93. The Balaban J connectivity index is 1.46. The number of benzene rings is 3. The van der Waals surface area contributed by atoms with Gasteiger partial charge >= 0.3 is 5.69 Å². The van der Waals surface area contributed by atoms with E-state index in [1.54, 1.807) is 37.3 Å². The number of imide groups is 1. The molecule has 36 heavy (non-hydrogen) atoms. The number of nitrogens with one attached hydrogen (secondary N) is 1. The van der Waals surface area contributed by atoms with Crippen LogP contribution in [0, 0.1) is 6.92 Å². The van der Waals surface area contributed by atoms with Crippen molar-refractivity contribution in [2.75, 3.05) is 0 Å². The summed E-state index contributed by atoms with van der Waals surface area (Å²) in [5, 5.41) is 17.1. The highest BCUT2D eigenvalue weighted by molar-refractivity contribution is 9.10. The largest absolute Gasteiger partial charge is 0.493 e. The maximum absolute atomic E-state index is 13.3. The quantitative estimate of drug-likeness (QED) is 0.302. The van der Waals surface area contributed by atoms with Gasteiger partial charge in [-0.3, -0.25) is 19.4 Å². The van der Waals surface area contributed by atoms with Crippen LogP contribution >= 0.6 is 15.9 Å². The van der Waals surface area contributed by atoms with Gasteiger partial charge in [-0.05, 0) is 72.2 Å². The van der Waals surface area contributed by atoms with Crippen molar-refractivity contribution in [1.29, 1.82) is 0 Å². The molecule has 2 aliphatic rings. The van der Waals surface area contributed by atoms with Crippen LogP contribution in [0.4, 0.5) is 0 Å². The van der Waals surface area contributed by atoms with Gasteiger partial charge < -0.3 is 5.11 Å². The summed E-state index contributed by atoms with van der Waals surface area (Å²) in [6.07, 6.45) is 2.63. The Morgan fingerprint density at radius 3 is 2.19 bits per heavy atom. The van der Waals surface area contributed by atoms with Gasteiger partial charge in [0.1, 0.15) is 5.56 Å². The number of carbonyl (C=O) groups is 2. The van der Waals surface area contributed by atoms with Crippen LogP contribution in [0.25, 0.3) is 16.5 Å². The van der Waals surface area contributed by atoms with E-state index in [-0.39, 0.29) is 5.56 Å². The number of hydrazone groups is 1. The van der Waals surface area contributed by atoms with Gasteiger partial charge in [0.15, 0.2) is 0 Å². The molecule has 2 heterocycles. The van der Waals surface area contributed by atoms with Crippen LogP contribution < -0.4 is 11.2 Å². The third-order valence-electron chi connectivity index (χ3n) is 6.67. The molecule has 0 spiro atoms. The molecule has 0 radical (unpaired) electrons. The lowest BCUT2D eigenvalue weighted by Crippen LogP contribution is -2.37. The lowest BCUT2D eigenvalue weighted by molar-refractivity contribution is 0.0616. The molecule has 3 aromatic carbocycles. The number of aromatic nitrogens is 2. The molecule has 1 aliphatic heterocycles. The Labute approximate surface area is 211 Å². The first-order valence-electron chi connectivity index (χ1n) is 11.1. The van der Waals surface area contributed by atoms with Crippen LogP contribution in [0.3, 0.4) is 0 Å². The van der Waals surface area contributed by atoms with Crippen LogP contribution in [0.2, 0.25) is 0 Å². The van der Waals surface area contributed by atoms with Crippen molar-refractivity contribution in [3.05, 3.63) is 101 Å². The predicted octanol–water partition coefficient (Wildman–Crippen LogP) is 3.18. The summed E-state index contributed by atoms with van der Waals surface area (Å²) in [6, 6.07) is 12.2. The molecule has 0 saturated carbocycles. The molecule has 10 heteroatoms. The van der Waals surface area contributed by atoms with Crippen molar-refractivity contribution in [3.63, 3.8) is 0 Å². The van der Waals surface area contributed by atoms with Gasteiger partial charge in [-0.2, -0.15) is 10.1 Å². The van der Waals surface area contributed by atoms with Crippen molar-refractivity contribution in [2.24, 2.45) is 5.10 Å². The second-order valence-electron chi connectivity index (χ2n) is 8.72. The van der Waals surface area contributed by atoms with Crippen molar-refractivity contribution in [3.8, 4) is 11.6 Å². The average molecular weight is 545 g/mol. The third-order valence-corrected chi connectivity index (χ3v) is 7.16. The molecule has 9 nitrogen and oxygen atoms in total. The number of carbonyl (C=O) groups excluding carboxylic acids is 2. The maximum atomic E-state index is 13.3. The fourth-order valence-corrected chi connectivity index (χ4v) is 5.45. The minimum atomic E-state index is -0.910. The number of amides is 2. The molecule has 0 saturated heterocycles. The number of aryl methyl sites for hydroxylation is 3. The second kappa shape index (κ2) is 7.85. The van der Waals surface area contributed by atoms with Crippen molar-refractivity contribution in [2.45, 2.75) is 19.8 Å². The molecule has 0 atom stereocenters. The van der Waals surface area contributed by atoms with Crippen LogP contribution in [-0.4, -0.2) is 37.7 Å². The van der Waals surface area contributed by atoms with E-state index < -0.39 is 28.9 Å². The number of hydrogen-bond donors (Lipinski definition) is 2. The minimum absolute atomic E-state index is 0.342. The first kappa shape index (κ1) is 22.2. The Hall–Kier alpha value is -4.31. The fourth-order valence-electron chi connectivity index (χ4n) is 4.97. The molecule has 6 rings (SSSR count). The highest BCUT2D eigenvalue weighted by Crippen LogP contribution is 2.38. The van der Waals surface area contributed by atoms with E-state index in [4.69, 9.17) is 0 Å². The summed E-state index contributed by atoms with van der Waals surface area (Å²) in [5.41, 5.74) is 1.76. The van der Waals surface area contributed by atoms with Crippen LogP contribution in [0.15, 0.2) is 61.6 Å². The summed E-state index contributed by atoms with van der Waals surface area (Å²) in [7, 11) is 0. The first-order valence-corrected chi connectivity index (χ1v) is 11.9. The van der Waals surface area contributed by atoms with Gasteiger partial charge in [0.2, 0.25) is 5.88 Å². The standard InChI is InChI=1S/C26H17BrN4O5/c1-12-10-15(27)6-9-19(12)30-23(33)18(22(32)29-26(30)36)11-28-31-24(34)16-7-4-13-2-3-14-5-8-17(25(31)35)21(16)20(13)14/h4-11,33H,2-3H2,1H3,(H,29,32,36). The smallest absolute Gasteiger partial charge is 0.335 e. The van der Waals surface area contributed by atoms with Gasteiger partial charge in [0, 0.05) is 9.86 Å². The number of aromatic hydroxyl groups is 1. The SMILES string of the molecule is Cc1cc(Br)ccc1-n1c(O)c(C=NN2C(=O)c3ccc4c5c(ccc(c35)C2=O)CC4)c(=O)[nH]c1=O. The van der Waals surface area contributed by atoms with Gasteiger partial charge in [-0.1, -0.05) is 28.1 Å². The highest BCUT2D eigenvalue weighted by atomic mass is 79.9. The number of rotatable bonds is 3. The molecule has 4 aromatic rings. The summed E-state index contributed by atoms with van der Waals surface area (Å²) < 4.78 is 1.70. The molecule has 1 aromatic heterocycles. The zero-order valence-corrected chi connectivity index (χ0v) is 20.4. The zero-order chi connectivity index (χ0) is 25.3. The van der Waals surface area contributed by atoms with Gasteiger partial charge in [0.25, 0.3) is 17.4 Å². The first-order chi connectivity index (χ1) is 17.3. The summed E-state index contributed by atoms with van der Waals surface area (Å²) in [6.45, 7) is 1.74. The number of nitrogens with zero attached hydrogens (tertiary/aromatic N) is 3. The lowest BCUT2D eigenvalue weighted by Gasteiger charge is -2.23. The van der Waals surface area contributed by atoms with Crippen molar-refractivity contribution >= 4 is 44.7 Å². The van der Waals surface area contributed by atoms with E-state index in [9.17, 15) is 24.3 Å². The van der Waals surface area contributed by atoms with Crippen LogP contribution in [-0.2, 0) is 12.8 Å². The van der Waals surface area contributed by atoms with E-state index in [0.29, 0.717) is 32.8 Å². The van der Waals surface area contributed by atoms with E-state index in [1.807, 2.05) is 12.1 Å². The number of H-pyrrole nitrogens is 1. The molecule has 2 amide bonds. The van der Waals surface area contributed by atoms with Crippen molar-refractivity contribution in [1.82, 2.24) is 14.6 Å². The minimum Gasteiger partial charge on any atom is -0.493 e. The van der Waals surface area contributed by atoms with Gasteiger partial charge in [0.05, 0.1) is 23.0 Å². The second-order valence-corrected chi connectivity index (χ2v) is 9.64. The molecule has 0 unspecified atom stereocenters. The van der Waals surface area contributed by atoms with E-state index in [0.717, 1.165) is 44.6 Å². The molecular formula is C26H17BrN4O5. The van der Waals surface area contributed by atoms with Gasteiger partial charge in [-0.25, -0.2) is 9.36 Å². The summed E-state index contributed by atoms with van der Waals surface area (Å²) in [4.78, 5) is 53.7.